The van der Waals surface area contributed by atoms with Crippen LogP contribution in [0.25, 0.3) is 10.9 Å². The van der Waals surface area contributed by atoms with Crippen molar-refractivity contribution in [2.75, 3.05) is 0 Å². The minimum absolute atomic E-state index is 0.0308. The number of fused-ring (bicyclic) bond motifs is 1. The van der Waals surface area contributed by atoms with Gasteiger partial charge in [0.1, 0.15) is 5.69 Å². The number of rotatable bonds is 1. The second-order valence-electron chi connectivity index (χ2n) is 4.89. The second kappa shape index (κ2) is 4.49. The van der Waals surface area contributed by atoms with E-state index in [0.717, 1.165) is 10.9 Å². The molecule has 0 fully saturated rings. The Morgan fingerprint density at radius 1 is 1.12 bits per heavy atom. The lowest BCUT2D eigenvalue weighted by atomic mass is 10.2. The predicted molar refractivity (Wildman–Crippen MR) is 73.4 cm³/mol. The van der Waals surface area contributed by atoms with Crippen molar-refractivity contribution in [3.05, 3.63) is 42.1 Å². The third kappa shape index (κ3) is 3.07. The first-order chi connectivity index (χ1) is 7.96. The van der Waals surface area contributed by atoms with Crippen molar-refractivity contribution in [1.82, 2.24) is 4.98 Å². The molecular weight excluding hydrogens is 230 g/mol. The molecule has 0 atom stereocenters. The zero-order valence-electron chi connectivity index (χ0n) is 10.2. The predicted octanol–water partition coefficient (Wildman–Crippen LogP) is 3.91. The molecule has 0 saturated heterocycles. The molecule has 1 heterocycles. The molecule has 2 nitrogen and oxygen atoms in total. The Balaban J connectivity index is 2.33. The average Bonchev–Trinajstić information content (AvgIpc) is 2.26. The van der Waals surface area contributed by atoms with Gasteiger partial charge in [0, 0.05) is 10.1 Å². The average molecular weight is 245 g/mol. The summed E-state index contributed by atoms with van der Waals surface area (Å²) in [5, 5.41) is 1.09. The second-order valence-corrected chi connectivity index (χ2v) is 6.69. The fourth-order valence-electron chi connectivity index (χ4n) is 1.51. The number of hydrogen-bond acceptors (Lipinski definition) is 3. The van der Waals surface area contributed by atoms with Crippen LogP contribution in [0.1, 0.15) is 31.3 Å². The molecule has 0 unspecified atom stereocenters. The van der Waals surface area contributed by atoms with Crippen LogP contribution in [-0.4, -0.2) is 14.8 Å². The zero-order chi connectivity index (χ0) is 12.5. The highest BCUT2D eigenvalue weighted by molar-refractivity contribution is 8.15. The molecule has 0 spiro atoms. The Bertz CT molecular complexity index is 557. The van der Waals surface area contributed by atoms with E-state index in [0.29, 0.717) is 5.69 Å². The first kappa shape index (κ1) is 12.1. The number of carbonyl (C=O) groups is 1. The van der Waals surface area contributed by atoms with Gasteiger partial charge in [-0.05, 0) is 12.1 Å². The molecule has 0 amide bonds. The van der Waals surface area contributed by atoms with Crippen LogP contribution < -0.4 is 0 Å². The van der Waals surface area contributed by atoms with Gasteiger partial charge in [0.25, 0.3) is 0 Å². The molecule has 0 aliphatic heterocycles. The lowest BCUT2D eigenvalue weighted by Crippen LogP contribution is -2.12. The van der Waals surface area contributed by atoms with Crippen molar-refractivity contribution in [3.8, 4) is 0 Å². The summed E-state index contributed by atoms with van der Waals surface area (Å²) in [5.41, 5.74) is 1.40. The molecule has 1 aromatic carbocycles. The van der Waals surface area contributed by atoms with E-state index in [4.69, 9.17) is 0 Å². The van der Waals surface area contributed by atoms with Crippen LogP contribution in [0.15, 0.2) is 36.4 Å². The number of nitrogens with zero attached hydrogens (tertiary/aromatic N) is 1. The van der Waals surface area contributed by atoms with Gasteiger partial charge in [-0.25, -0.2) is 4.98 Å². The number of benzene rings is 1. The minimum Gasteiger partial charge on any atom is -0.280 e. The smallest absolute Gasteiger partial charge is 0.238 e. The Kier molecular flexibility index (Phi) is 3.20. The van der Waals surface area contributed by atoms with Crippen LogP contribution in [0.2, 0.25) is 0 Å². The number of pyridine rings is 1. The van der Waals surface area contributed by atoms with Crippen LogP contribution in [0.5, 0.6) is 0 Å². The molecule has 0 aliphatic carbocycles. The monoisotopic (exact) mass is 245 g/mol. The summed E-state index contributed by atoms with van der Waals surface area (Å²) in [4.78, 5) is 16.4. The number of para-hydroxylation sites is 1. The molecule has 88 valence electrons. The van der Waals surface area contributed by atoms with Gasteiger partial charge < -0.3 is 0 Å². The normalized spacial score (nSPS) is 11.7. The summed E-state index contributed by atoms with van der Waals surface area (Å²) in [6.45, 7) is 6.07. The van der Waals surface area contributed by atoms with Crippen molar-refractivity contribution in [2.45, 2.75) is 25.5 Å². The van der Waals surface area contributed by atoms with Crippen LogP contribution in [0.3, 0.4) is 0 Å². The minimum atomic E-state index is -0.0790. The quantitative estimate of drug-likeness (QED) is 0.763. The molecule has 0 aliphatic rings. The van der Waals surface area contributed by atoms with Crippen LogP contribution in [0, 0.1) is 0 Å². The summed E-state index contributed by atoms with van der Waals surface area (Å²) in [6, 6.07) is 11.6. The maximum atomic E-state index is 12.0. The molecule has 0 saturated carbocycles. The van der Waals surface area contributed by atoms with E-state index >= 15 is 0 Å². The van der Waals surface area contributed by atoms with E-state index in [-0.39, 0.29) is 9.86 Å². The van der Waals surface area contributed by atoms with Gasteiger partial charge in [-0.3, -0.25) is 4.79 Å². The van der Waals surface area contributed by atoms with Crippen molar-refractivity contribution < 1.29 is 4.79 Å². The van der Waals surface area contributed by atoms with E-state index in [9.17, 15) is 4.79 Å². The largest absolute Gasteiger partial charge is 0.280 e. The first-order valence-electron chi connectivity index (χ1n) is 5.55. The van der Waals surface area contributed by atoms with Crippen LogP contribution in [-0.2, 0) is 0 Å². The van der Waals surface area contributed by atoms with Crippen molar-refractivity contribution in [1.29, 1.82) is 0 Å². The van der Waals surface area contributed by atoms with Gasteiger partial charge in [-0.1, -0.05) is 56.8 Å². The maximum Gasteiger partial charge on any atom is 0.238 e. The standard InChI is InChI=1S/C14H15NOS/c1-14(2,3)17-13(16)12-9-8-10-6-4-5-7-11(10)15-12/h4-9H,1-3H3. The number of carbonyl (C=O) groups excluding carboxylic acids is 1. The van der Waals surface area contributed by atoms with Crippen LogP contribution in [0.4, 0.5) is 0 Å². The third-order valence-corrected chi connectivity index (χ3v) is 3.21. The molecule has 3 heteroatoms. The number of thioether (sulfide) groups is 1. The highest BCUT2D eigenvalue weighted by atomic mass is 32.2. The van der Waals surface area contributed by atoms with Crippen LogP contribution >= 0.6 is 11.8 Å². The molecule has 0 radical (unpaired) electrons. The lowest BCUT2D eigenvalue weighted by molar-refractivity contribution is 0.108. The summed E-state index contributed by atoms with van der Waals surface area (Å²) in [7, 11) is 0. The molecule has 0 bridgehead atoms. The maximum absolute atomic E-state index is 12.0. The summed E-state index contributed by atoms with van der Waals surface area (Å²) >= 11 is 1.32. The Labute approximate surface area is 105 Å². The molecule has 2 aromatic rings. The zero-order valence-corrected chi connectivity index (χ0v) is 11.0. The van der Waals surface area contributed by atoms with Crippen molar-refractivity contribution >= 4 is 27.8 Å². The van der Waals surface area contributed by atoms with E-state index in [1.807, 2.05) is 51.1 Å². The number of aromatic nitrogens is 1. The Morgan fingerprint density at radius 3 is 2.53 bits per heavy atom. The van der Waals surface area contributed by atoms with Gasteiger partial charge in [-0.15, -0.1) is 0 Å². The van der Waals surface area contributed by atoms with Gasteiger partial charge >= 0.3 is 0 Å². The fraction of sp³-hybridized carbons (Fsp3) is 0.286. The Hall–Kier alpha value is -1.35. The molecule has 1 aromatic heterocycles. The first-order valence-corrected chi connectivity index (χ1v) is 6.36. The van der Waals surface area contributed by atoms with E-state index in [1.54, 1.807) is 6.07 Å². The van der Waals surface area contributed by atoms with Gasteiger partial charge in [-0.2, -0.15) is 0 Å². The topological polar surface area (TPSA) is 30.0 Å². The van der Waals surface area contributed by atoms with Crippen molar-refractivity contribution in [2.24, 2.45) is 0 Å². The SMILES string of the molecule is CC(C)(C)SC(=O)c1ccc2ccccc2n1. The molecule has 17 heavy (non-hydrogen) atoms. The highest BCUT2D eigenvalue weighted by Gasteiger charge is 2.19. The summed E-state index contributed by atoms with van der Waals surface area (Å²) in [6.07, 6.45) is 0. The van der Waals surface area contributed by atoms with Gasteiger partial charge in [0.05, 0.1) is 5.52 Å². The third-order valence-electron chi connectivity index (χ3n) is 2.21. The summed E-state index contributed by atoms with van der Waals surface area (Å²) in [5.74, 6) is 0. The van der Waals surface area contributed by atoms with Gasteiger partial charge in [0.2, 0.25) is 5.12 Å². The summed E-state index contributed by atoms with van der Waals surface area (Å²) < 4.78 is -0.0790. The molecular formula is C14H15NOS. The molecule has 2 rings (SSSR count). The Morgan fingerprint density at radius 2 is 1.82 bits per heavy atom. The van der Waals surface area contributed by atoms with E-state index in [1.165, 1.54) is 11.8 Å². The highest BCUT2D eigenvalue weighted by Crippen LogP contribution is 2.27. The number of hydrogen-bond donors (Lipinski definition) is 0. The van der Waals surface area contributed by atoms with E-state index in [2.05, 4.69) is 4.98 Å². The van der Waals surface area contributed by atoms with Crippen molar-refractivity contribution in [3.63, 3.8) is 0 Å². The van der Waals surface area contributed by atoms with Gasteiger partial charge in [0.15, 0.2) is 0 Å². The fourth-order valence-corrected chi connectivity index (χ4v) is 2.28. The molecule has 0 N–H and O–H groups in total. The van der Waals surface area contributed by atoms with E-state index < -0.39 is 0 Å². The lowest BCUT2D eigenvalue weighted by Gasteiger charge is -2.15.